The summed E-state index contributed by atoms with van der Waals surface area (Å²) < 4.78 is 0. The van der Waals surface area contributed by atoms with E-state index in [9.17, 15) is 9.90 Å². The van der Waals surface area contributed by atoms with E-state index in [0.717, 1.165) is 0 Å². The number of benzene rings is 1. The molecule has 0 radical (unpaired) electrons. The van der Waals surface area contributed by atoms with Gasteiger partial charge in [-0.15, -0.1) is 0 Å². The third-order valence-corrected chi connectivity index (χ3v) is 2.43. The van der Waals surface area contributed by atoms with Crippen LogP contribution in [0, 0.1) is 5.41 Å². The van der Waals surface area contributed by atoms with Crippen LogP contribution in [0.15, 0.2) is 24.3 Å². The van der Waals surface area contributed by atoms with Crippen LogP contribution in [-0.2, 0) is 0 Å². The van der Waals surface area contributed by atoms with Gasteiger partial charge in [0, 0.05) is 6.54 Å². The molecule has 0 atom stereocenters. The van der Waals surface area contributed by atoms with E-state index < -0.39 is 0 Å². The Labute approximate surface area is 95.5 Å². The predicted octanol–water partition coefficient (Wildman–Crippen LogP) is 1.11. The lowest BCUT2D eigenvalue weighted by Gasteiger charge is -2.22. The minimum absolute atomic E-state index is 0.00875. The van der Waals surface area contributed by atoms with Crippen LogP contribution >= 0.6 is 0 Å². The van der Waals surface area contributed by atoms with Crippen molar-refractivity contribution < 1.29 is 9.90 Å². The molecule has 1 aromatic carbocycles. The first kappa shape index (κ1) is 12.5. The Balaban J connectivity index is 2.64. The monoisotopic (exact) mass is 222 g/mol. The molecule has 0 heterocycles. The summed E-state index contributed by atoms with van der Waals surface area (Å²) in [5, 5.41) is 12.2. The molecule has 4 heteroatoms. The van der Waals surface area contributed by atoms with Gasteiger partial charge in [-0.2, -0.15) is 0 Å². The molecule has 0 aliphatic heterocycles. The van der Waals surface area contributed by atoms with E-state index in [1.165, 1.54) is 6.07 Å². The zero-order chi connectivity index (χ0) is 12.2. The van der Waals surface area contributed by atoms with Gasteiger partial charge in [0.2, 0.25) is 0 Å². The summed E-state index contributed by atoms with van der Waals surface area (Å²) in [5.74, 6) is -0.287. The van der Waals surface area contributed by atoms with Gasteiger partial charge in [0.1, 0.15) is 5.75 Å². The van der Waals surface area contributed by atoms with Crippen molar-refractivity contribution in [1.29, 1.82) is 0 Å². The van der Waals surface area contributed by atoms with Gasteiger partial charge in [-0.25, -0.2) is 0 Å². The number of carbonyl (C=O) groups is 1. The van der Waals surface area contributed by atoms with Crippen molar-refractivity contribution in [3.8, 4) is 5.75 Å². The van der Waals surface area contributed by atoms with E-state index in [-0.39, 0.29) is 22.6 Å². The maximum atomic E-state index is 11.7. The fourth-order valence-electron chi connectivity index (χ4n) is 1.15. The Morgan fingerprint density at radius 2 is 2.06 bits per heavy atom. The second-order valence-corrected chi connectivity index (χ2v) is 4.57. The molecule has 0 saturated heterocycles. The molecule has 0 bridgehead atoms. The van der Waals surface area contributed by atoms with Crippen molar-refractivity contribution in [2.75, 3.05) is 13.1 Å². The lowest BCUT2D eigenvalue weighted by Crippen LogP contribution is -2.38. The zero-order valence-corrected chi connectivity index (χ0v) is 9.66. The summed E-state index contributed by atoms with van der Waals surface area (Å²) in [6.45, 7) is 4.92. The van der Waals surface area contributed by atoms with Gasteiger partial charge < -0.3 is 16.2 Å². The highest BCUT2D eigenvalue weighted by molar-refractivity contribution is 5.96. The van der Waals surface area contributed by atoms with Gasteiger partial charge in [0.15, 0.2) is 0 Å². The predicted molar refractivity (Wildman–Crippen MR) is 63.3 cm³/mol. The summed E-state index contributed by atoms with van der Waals surface area (Å²) in [7, 11) is 0. The molecule has 0 spiro atoms. The summed E-state index contributed by atoms with van der Waals surface area (Å²) in [6.07, 6.45) is 0. The molecule has 16 heavy (non-hydrogen) atoms. The van der Waals surface area contributed by atoms with E-state index >= 15 is 0 Å². The fraction of sp³-hybridized carbons (Fsp3) is 0.417. The molecular formula is C12H18N2O2. The van der Waals surface area contributed by atoms with Crippen molar-refractivity contribution in [2.24, 2.45) is 11.1 Å². The minimum Gasteiger partial charge on any atom is -0.507 e. The average Bonchev–Trinajstić information content (AvgIpc) is 2.27. The van der Waals surface area contributed by atoms with Gasteiger partial charge in [-0.05, 0) is 24.1 Å². The molecule has 1 amide bonds. The SMILES string of the molecule is CC(C)(CN)CNC(=O)c1ccccc1O. The number of nitrogens with two attached hydrogens (primary N) is 1. The third kappa shape index (κ3) is 3.24. The molecule has 4 nitrogen and oxygen atoms in total. The topological polar surface area (TPSA) is 75.3 Å². The van der Waals surface area contributed by atoms with Gasteiger partial charge in [0.25, 0.3) is 5.91 Å². The summed E-state index contributed by atoms with van der Waals surface area (Å²) >= 11 is 0. The third-order valence-electron chi connectivity index (χ3n) is 2.43. The van der Waals surface area contributed by atoms with Crippen LogP contribution in [0.2, 0.25) is 0 Å². The number of phenols is 1. The van der Waals surface area contributed by atoms with Gasteiger partial charge in [-0.3, -0.25) is 4.79 Å². The Morgan fingerprint density at radius 1 is 1.44 bits per heavy atom. The quantitative estimate of drug-likeness (QED) is 0.714. The highest BCUT2D eigenvalue weighted by Crippen LogP contribution is 2.16. The van der Waals surface area contributed by atoms with E-state index in [1.54, 1.807) is 18.2 Å². The second-order valence-electron chi connectivity index (χ2n) is 4.57. The maximum absolute atomic E-state index is 11.7. The smallest absolute Gasteiger partial charge is 0.255 e. The lowest BCUT2D eigenvalue weighted by molar-refractivity contribution is 0.0935. The molecule has 0 aromatic heterocycles. The molecule has 0 fully saturated rings. The Morgan fingerprint density at radius 3 is 2.62 bits per heavy atom. The molecule has 0 aliphatic carbocycles. The number of nitrogens with one attached hydrogen (secondary N) is 1. The first-order chi connectivity index (χ1) is 7.46. The van der Waals surface area contributed by atoms with Crippen LogP contribution in [0.5, 0.6) is 5.75 Å². The molecule has 88 valence electrons. The number of carbonyl (C=O) groups excluding carboxylic acids is 1. The van der Waals surface area contributed by atoms with Crippen LogP contribution in [0.1, 0.15) is 24.2 Å². The maximum Gasteiger partial charge on any atom is 0.255 e. The van der Waals surface area contributed by atoms with Gasteiger partial charge in [0.05, 0.1) is 5.56 Å². The highest BCUT2D eigenvalue weighted by atomic mass is 16.3. The van der Waals surface area contributed by atoms with E-state index in [1.807, 2.05) is 13.8 Å². The van der Waals surface area contributed by atoms with Crippen molar-refractivity contribution in [3.63, 3.8) is 0 Å². The number of amides is 1. The van der Waals surface area contributed by atoms with Crippen LogP contribution in [0.25, 0.3) is 0 Å². The van der Waals surface area contributed by atoms with E-state index in [0.29, 0.717) is 13.1 Å². The molecule has 1 aromatic rings. The molecule has 1 rings (SSSR count). The summed E-state index contributed by atoms with van der Waals surface area (Å²) in [6, 6.07) is 6.46. The Hall–Kier alpha value is -1.55. The molecule has 0 saturated carbocycles. The van der Waals surface area contributed by atoms with E-state index in [4.69, 9.17) is 5.73 Å². The molecular weight excluding hydrogens is 204 g/mol. The molecule has 4 N–H and O–H groups in total. The molecule has 0 unspecified atom stereocenters. The number of hydrogen-bond donors (Lipinski definition) is 3. The van der Waals surface area contributed by atoms with Gasteiger partial charge in [-0.1, -0.05) is 26.0 Å². The van der Waals surface area contributed by atoms with Gasteiger partial charge >= 0.3 is 0 Å². The number of phenolic OH excluding ortho intramolecular Hbond substituents is 1. The standard InChI is InChI=1S/C12H18N2O2/c1-12(2,7-13)8-14-11(16)9-5-3-4-6-10(9)15/h3-6,15H,7-8,13H2,1-2H3,(H,14,16). The second kappa shape index (κ2) is 4.99. The number of rotatable bonds is 4. The van der Waals surface area contributed by atoms with Crippen LogP contribution in [0.4, 0.5) is 0 Å². The van der Waals surface area contributed by atoms with Crippen molar-refractivity contribution in [1.82, 2.24) is 5.32 Å². The number of aromatic hydroxyl groups is 1. The summed E-state index contributed by atoms with van der Waals surface area (Å²) in [5.41, 5.74) is 5.71. The first-order valence-electron chi connectivity index (χ1n) is 5.22. The van der Waals surface area contributed by atoms with Crippen molar-refractivity contribution >= 4 is 5.91 Å². The van der Waals surface area contributed by atoms with Crippen molar-refractivity contribution in [2.45, 2.75) is 13.8 Å². The Bertz CT molecular complexity index is 375. The van der Waals surface area contributed by atoms with Crippen LogP contribution in [-0.4, -0.2) is 24.1 Å². The minimum atomic E-state index is -0.278. The summed E-state index contributed by atoms with van der Waals surface area (Å²) in [4.78, 5) is 11.7. The number of hydrogen-bond acceptors (Lipinski definition) is 3. The van der Waals surface area contributed by atoms with Crippen molar-refractivity contribution in [3.05, 3.63) is 29.8 Å². The fourth-order valence-corrected chi connectivity index (χ4v) is 1.15. The Kier molecular flexibility index (Phi) is 3.90. The average molecular weight is 222 g/mol. The normalized spacial score (nSPS) is 11.2. The van der Waals surface area contributed by atoms with Crippen LogP contribution < -0.4 is 11.1 Å². The van der Waals surface area contributed by atoms with E-state index in [2.05, 4.69) is 5.32 Å². The largest absolute Gasteiger partial charge is 0.507 e. The van der Waals surface area contributed by atoms with Crippen LogP contribution in [0.3, 0.4) is 0 Å². The highest BCUT2D eigenvalue weighted by Gasteiger charge is 2.18. The lowest BCUT2D eigenvalue weighted by atomic mass is 9.94. The first-order valence-corrected chi connectivity index (χ1v) is 5.22. The zero-order valence-electron chi connectivity index (χ0n) is 9.66. The molecule has 0 aliphatic rings. The number of para-hydroxylation sites is 1.